The van der Waals surface area contributed by atoms with Crippen molar-refractivity contribution in [3.63, 3.8) is 0 Å². The van der Waals surface area contributed by atoms with Crippen LogP contribution in [0.4, 0.5) is 0 Å². The fourth-order valence-corrected chi connectivity index (χ4v) is 1.82. The first kappa shape index (κ1) is 7.57. The van der Waals surface area contributed by atoms with Gasteiger partial charge < -0.3 is 0 Å². The van der Waals surface area contributed by atoms with Gasteiger partial charge in [0.2, 0.25) is 0 Å². The van der Waals surface area contributed by atoms with Crippen molar-refractivity contribution in [3.05, 3.63) is 28.0 Å². The minimum atomic E-state index is 0.437. The highest BCUT2D eigenvalue weighted by Crippen LogP contribution is 2.25. The van der Waals surface area contributed by atoms with E-state index >= 15 is 0 Å². The monoisotopic (exact) mass is 178 g/mol. The number of halogens is 1. The van der Waals surface area contributed by atoms with E-state index in [9.17, 15) is 0 Å². The average Bonchev–Trinajstić information content (AvgIpc) is 2.50. The van der Waals surface area contributed by atoms with Gasteiger partial charge in [0.15, 0.2) is 0 Å². The van der Waals surface area contributed by atoms with Gasteiger partial charge in [-0.15, -0.1) is 0 Å². The Morgan fingerprint density at radius 1 is 1.50 bits per heavy atom. The average molecular weight is 179 g/mol. The summed E-state index contributed by atoms with van der Waals surface area (Å²) < 4.78 is 0. The summed E-state index contributed by atoms with van der Waals surface area (Å²) in [6, 6.07) is 3.79. The lowest BCUT2D eigenvalue weighted by Gasteiger charge is -2.00. The van der Waals surface area contributed by atoms with Crippen LogP contribution < -0.4 is 0 Å². The van der Waals surface area contributed by atoms with E-state index in [1.54, 1.807) is 6.07 Å². The summed E-state index contributed by atoms with van der Waals surface area (Å²) in [4.78, 5) is 4.18. The molecule has 1 aromatic heterocycles. The molecule has 2 rings (SSSR count). The van der Waals surface area contributed by atoms with E-state index in [-0.39, 0.29) is 0 Å². The Balaban J connectivity index is 2.64. The Bertz CT molecular complexity index is 366. The van der Waals surface area contributed by atoms with Crippen LogP contribution in [-0.4, -0.2) is 4.98 Å². The van der Waals surface area contributed by atoms with Crippen molar-refractivity contribution in [1.29, 1.82) is 5.26 Å². The molecule has 0 aromatic carbocycles. The maximum atomic E-state index is 8.79. The molecular formula is C9H7ClN2. The standard InChI is InChI=1S/C9H7ClN2/c10-9-4-6(5-11)7-2-1-3-8(7)12-9/h4H,1-3H2. The lowest BCUT2D eigenvalue weighted by atomic mass is 10.1. The SMILES string of the molecule is N#Cc1cc(Cl)nc2c1CCC2. The summed E-state index contributed by atoms with van der Waals surface area (Å²) in [6.45, 7) is 0. The molecule has 12 heavy (non-hydrogen) atoms. The van der Waals surface area contributed by atoms with Crippen molar-refractivity contribution in [2.45, 2.75) is 19.3 Å². The van der Waals surface area contributed by atoms with Gasteiger partial charge in [0, 0.05) is 5.69 Å². The number of hydrogen-bond acceptors (Lipinski definition) is 2. The molecule has 0 atom stereocenters. The van der Waals surface area contributed by atoms with Gasteiger partial charge in [0.05, 0.1) is 11.6 Å². The van der Waals surface area contributed by atoms with E-state index < -0.39 is 0 Å². The number of hydrogen-bond donors (Lipinski definition) is 0. The second-order valence-electron chi connectivity index (χ2n) is 2.88. The van der Waals surface area contributed by atoms with E-state index in [4.69, 9.17) is 16.9 Å². The maximum Gasteiger partial charge on any atom is 0.130 e. The summed E-state index contributed by atoms with van der Waals surface area (Å²) in [5, 5.41) is 9.23. The van der Waals surface area contributed by atoms with E-state index in [1.165, 1.54) is 0 Å². The number of nitrogens with zero attached hydrogens (tertiary/aromatic N) is 2. The Morgan fingerprint density at radius 3 is 3.08 bits per heavy atom. The molecule has 1 aromatic rings. The predicted molar refractivity (Wildman–Crippen MR) is 46.0 cm³/mol. The molecule has 1 heterocycles. The van der Waals surface area contributed by atoms with Crippen LogP contribution in [0.15, 0.2) is 6.07 Å². The van der Waals surface area contributed by atoms with Gasteiger partial charge in [-0.2, -0.15) is 5.26 Å². The van der Waals surface area contributed by atoms with E-state index in [0.29, 0.717) is 10.7 Å². The molecule has 0 unspecified atom stereocenters. The summed E-state index contributed by atoms with van der Waals surface area (Å²) in [6.07, 6.45) is 3.03. The first-order valence-corrected chi connectivity index (χ1v) is 4.27. The quantitative estimate of drug-likeness (QED) is 0.571. The second-order valence-corrected chi connectivity index (χ2v) is 3.27. The summed E-state index contributed by atoms with van der Waals surface area (Å²) in [7, 11) is 0. The van der Waals surface area contributed by atoms with Gasteiger partial charge in [-0.25, -0.2) is 4.98 Å². The molecule has 0 spiro atoms. The van der Waals surface area contributed by atoms with Crippen LogP contribution >= 0.6 is 11.6 Å². The number of nitriles is 1. The van der Waals surface area contributed by atoms with E-state index in [0.717, 1.165) is 30.5 Å². The number of aryl methyl sites for hydroxylation is 1. The first-order chi connectivity index (χ1) is 5.81. The highest BCUT2D eigenvalue weighted by Gasteiger charge is 2.16. The molecule has 0 saturated heterocycles. The normalized spacial score (nSPS) is 14.0. The van der Waals surface area contributed by atoms with E-state index in [2.05, 4.69) is 11.1 Å². The fraction of sp³-hybridized carbons (Fsp3) is 0.333. The molecule has 2 nitrogen and oxygen atoms in total. The third kappa shape index (κ3) is 1.07. The Morgan fingerprint density at radius 2 is 2.33 bits per heavy atom. The van der Waals surface area contributed by atoms with Crippen LogP contribution in [0.5, 0.6) is 0 Å². The zero-order chi connectivity index (χ0) is 8.55. The van der Waals surface area contributed by atoms with Crippen molar-refractivity contribution < 1.29 is 0 Å². The lowest BCUT2D eigenvalue weighted by Crippen LogP contribution is -1.92. The molecule has 0 N–H and O–H groups in total. The molecular weight excluding hydrogens is 172 g/mol. The van der Waals surface area contributed by atoms with Gasteiger partial charge in [-0.3, -0.25) is 0 Å². The van der Waals surface area contributed by atoms with Crippen LogP contribution in [-0.2, 0) is 12.8 Å². The minimum Gasteiger partial charge on any atom is -0.241 e. The van der Waals surface area contributed by atoms with Crippen molar-refractivity contribution in [1.82, 2.24) is 4.98 Å². The third-order valence-corrected chi connectivity index (χ3v) is 2.33. The lowest BCUT2D eigenvalue weighted by molar-refractivity contribution is 0.899. The van der Waals surface area contributed by atoms with Gasteiger partial charge in [-0.05, 0) is 30.9 Å². The molecule has 0 radical (unpaired) electrons. The van der Waals surface area contributed by atoms with Gasteiger partial charge in [-0.1, -0.05) is 11.6 Å². The smallest absolute Gasteiger partial charge is 0.130 e. The topological polar surface area (TPSA) is 36.7 Å². The van der Waals surface area contributed by atoms with Crippen LogP contribution in [0.3, 0.4) is 0 Å². The fourth-order valence-electron chi connectivity index (χ4n) is 1.61. The largest absolute Gasteiger partial charge is 0.241 e. The Hall–Kier alpha value is -1.07. The highest BCUT2D eigenvalue weighted by molar-refractivity contribution is 6.29. The van der Waals surface area contributed by atoms with Crippen LogP contribution in [0.25, 0.3) is 0 Å². The minimum absolute atomic E-state index is 0.437. The first-order valence-electron chi connectivity index (χ1n) is 3.89. The van der Waals surface area contributed by atoms with Crippen molar-refractivity contribution in [3.8, 4) is 6.07 Å². The summed E-state index contributed by atoms with van der Waals surface area (Å²) >= 11 is 5.75. The Labute approximate surface area is 75.8 Å². The molecule has 3 heteroatoms. The van der Waals surface area contributed by atoms with Crippen molar-refractivity contribution in [2.24, 2.45) is 0 Å². The maximum absolute atomic E-state index is 8.79. The molecule has 0 saturated carbocycles. The van der Waals surface area contributed by atoms with Crippen LogP contribution in [0.1, 0.15) is 23.2 Å². The van der Waals surface area contributed by atoms with Crippen molar-refractivity contribution in [2.75, 3.05) is 0 Å². The number of fused-ring (bicyclic) bond motifs is 1. The predicted octanol–water partition coefficient (Wildman–Crippen LogP) is 2.10. The zero-order valence-corrected chi connectivity index (χ0v) is 7.23. The number of rotatable bonds is 0. The molecule has 0 aliphatic heterocycles. The van der Waals surface area contributed by atoms with Crippen LogP contribution in [0.2, 0.25) is 5.15 Å². The summed E-state index contributed by atoms with van der Waals surface area (Å²) in [5.41, 5.74) is 2.81. The second kappa shape index (κ2) is 2.76. The zero-order valence-electron chi connectivity index (χ0n) is 6.47. The van der Waals surface area contributed by atoms with E-state index in [1.807, 2.05) is 0 Å². The highest BCUT2D eigenvalue weighted by atomic mass is 35.5. The third-order valence-electron chi connectivity index (χ3n) is 2.14. The van der Waals surface area contributed by atoms with Gasteiger partial charge in [0.1, 0.15) is 5.15 Å². The molecule has 60 valence electrons. The summed E-state index contributed by atoms with van der Waals surface area (Å²) in [5.74, 6) is 0. The number of pyridine rings is 1. The molecule has 1 aliphatic rings. The molecule has 0 bridgehead atoms. The number of aromatic nitrogens is 1. The van der Waals surface area contributed by atoms with Crippen molar-refractivity contribution >= 4 is 11.6 Å². The molecule has 0 amide bonds. The molecule has 0 fully saturated rings. The molecule has 1 aliphatic carbocycles. The Kier molecular flexibility index (Phi) is 1.74. The van der Waals surface area contributed by atoms with Crippen LogP contribution in [0, 0.1) is 11.3 Å². The van der Waals surface area contributed by atoms with Gasteiger partial charge in [0.25, 0.3) is 0 Å². The van der Waals surface area contributed by atoms with Gasteiger partial charge >= 0.3 is 0 Å².